The zero-order valence-corrected chi connectivity index (χ0v) is 15.8. The molecule has 0 amide bonds. The predicted molar refractivity (Wildman–Crippen MR) is 97.3 cm³/mol. The fraction of sp³-hybridized carbons (Fsp3) is 0.667. The number of aryl methyl sites for hydroxylation is 1. The van der Waals surface area contributed by atoms with Gasteiger partial charge in [-0.3, -0.25) is 4.99 Å². The second kappa shape index (κ2) is 10.8. The number of rotatable bonds is 9. The molecule has 8 heteroatoms. The van der Waals surface area contributed by atoms with Crippen molar-refractivity contribution in [3.8, 4) is 0 Å². The summed E-state index contributed by atoms with van der Waals surface area (Å²) in [5.41, 5.74) is 0.442. The summed E-state index contributed by atoms with van der Waals surface area (Å²) in [7, 11) is 3.06. The average molecular weight is 367 g/mol. The van der Waals surface area contributed by atoms with E-state index in [1.807, 2.05) is 0 Å². The highest BCUT2D eigenvalue weighted by Gasteiger charge is 2.16. The van der Waals surface area contributed by atoms with Crippen LogP contribution in [0.5, 0.6) is 0 Å². The number of aliphatic imine (C=N–C) groups is 1. The maximum atomic E-state index is 11.6. The molecular formula is C18H29N3O5. The van der Waals surface area contributed by atoms with Crippen molar-refractivity contribution in [3.63, 3.8) is 0 Å². The van der Waals surface area contributed by atoms with E-state index in [-0.39, 0.29) is 0 Å². The number of guanidine groups is 1. The van der Waals surface area contributed by atoms with Crippen LogP contribution in [0.1, 0.15) is 34.7 Å². The largest absolute Gasteiger partial charge is 0.465 e. The Bertz CT molecular complexity index is 594. The van der Waals surface area contributed by atoms with Crippen molar-refractivity contribution in [3.05, 3.63) is 23.2 Å². The van der Waals surface area contributed by atoms with Crippen LogP contribution in [-0.2, 0) is 20.8 Å². The van der Waals surface area contributed by atoms with Crippen LogP contribution in [0.4, 0.5) is 0 Å². The van der Waals surface area contributed by atoms with Crippen molar-refractivity contribution in [1.29, 1.82) is 0 Å². The maximum absolute atomic E-state index is 11.6. The summed E-state index contributed by atoms with van der Waals surface area (Å²) in [6.45, 7) is 6.07. The van der Waals surface area contributed by atoms with Crippen molar-refractivity contribution in [1.82, 2.24) is 10.6 Å². The molecule has 1 aliphatic rings. The van der Waals surface area contributed by atoms with Crippen molar-refractivity contribution in [2.45, 2.75) is 26.3 Å². The average Bonchev–Trinajstić information content (AvgIpc) is 3.29. The molecule has 2 heterocycles. The number of esters is 1. The fourth-order valence-electron chi connectivity index (χ4n) is 2.68. The molecule has 0 aromatic carbocycles. The van der Waals surface area contributed by atoms with Gasteiger partial charge in [0.1, 0.15) is 17.1 Å². The first-order chi connectivity index (χ1) is 12.6. The van der Waals surface area contributed by atoms with Gasteiger partial charge in [0.05, 0.1) is 26.9 Å². The molecule has 26 heavy (non-hydrogen) atoms. The monoisotopic (exact) mass is 367 g/mol. The molecule has 1 fully saturated rings. The van der Waals surface area contributed by atoms with Gasteiger partial charge in [0, 0.05) is 32.7 Å². The number of nitrogens with zero attached hydrogens (tertiary/aromatic N) is 1. The van der Waals surface area contributed by atoms with Gasteiger partial charge >= 0.3 is 5.97 Å². The Morgan fingerprint density at radius 1 is 1.42 bits per heavy atom. The lowest BCUT2D eigenvalue weighted by atomic mass is 10.1. The highest BCUT2D eigenvalue weighted by atomic mass is 16.5. The second-order valence-corrected chi connectivity index (χ2v) is 6.18. The smallest absolute Gasteiger partial charge is 0.341 e. The van der Waals surface area contributed by atoms with E-state index < -0.39 is 5.97 Å². The summed E-state index contributed by atoms with van der Waals surface area (Å²) in [6.07, 6.45) is 1.99. The van der Waals surface area contributed by atoms with E-state index in [9.17, 15) is 4.79 Å². The standard InChI is InChI=1S/C18H29N3O5/c1-13-16(17(22)23-3)9-15(26-13)10-21-18(19-2)20-6-4-7-24-11-14-5-8-25-12-14/h9,14H,4-8,10-12H2,1-3H3,(H2,19,20,21). The lowest BCUT2D eigenvalue weighted by molar-refractivity contribution is 0.0598. The fourth-order valence-corrected chi connectivity index (χ4v) is 2.68. The molecule has 1 aromatic heterocycles. The molecule has 146 valence electrons. The van der Waals surface area contributed by atoms with Crippen LogP contribution in [0.15, 0.2) is 15.5 Å². The van der Waals surface area contributed by atoms with Gasteiger partial charge in [0.25, 0.3) is 0 Å². The minimum atomic E-state index is -0.399. The molecule has 0 spiro atoms. The molecular weight excluding hydrogens is 338 g/mol. The number of nitrogens with one attached hydrogen (secondary N) is 2. The first-order valence-electron chi connectivity index (χ1n) is 8.91. The number of carbonyl (C=O) groups is 1. The van der Waals surface area contributed by atoms with Crippen LogP contribution >= 0.6 is 0 Å². The van der Waals surface area contributed by atoms with Gasteiger partial charge in [-0.25, -0.2) is 4.79 Å². The van der Waals surface area contributed by atoms with Crippen LogP contribution in [0.2, 0.25) is 0 Å². The topological polar surface area (TPSA) is 94.3 Å². The Morgan fingerprint density at radius 2 is 2.27 bits per heavy atom. The number of hydrogen-bond acceptors (Lipinski definition) is 6. The van der Waals surface area contributed by atoms with Gasteiger partial charge in [-0.1, -0.05) is 0 Å². The molecule has 0 saturated carbocycles. The van der Waals surface area contributed by atoms with Crippen LogP contribution in [-0.4, -0.2) is 59.1 Å². The Labute approximate surface area is 154 Å². The molecule has 2 N–H and O–H groups in total. The minimum Gasteiger partial charge on any atom is -0.465 e. The Kier molecular flexibility index (Phi) is 8.43. The molecule has 2 rings (SSSR count). The SMILES string of the molecule is CN=C(NCCCOCC1CCOC1)NCc1cc(C(=O)OC)c(C)o1. The molecule has 1 aromatic rings. The van der Waals surface area contributed by atoms with E-state index >= 15 is 0 Å². The van der Waals surface area contributed by atoms with E-state index in [1.54, 1.807) is 20.0 Å². The quantitative estimate of drug-likeness (QED) is 0.295. The number of methoxy groups -OCH3 is 1. The summed E-state index contributed by atoms with van der Waals surface area (Å²) in [5.74, 6) is 2.01. The molecule has 1 aliphatic heterocycles. The van der Waals surface area contributed by atoms with Crippen LogP contribution in [0.3, 0.4) is 0 Å². The lowest BCUT2D eigenvalue weighted by Gasteiger charge is -2.12. The summed E-state index contributed by atoms with van der Waals surface area (Å²) in [5, 5.41) is 6.38. The van der Waals surface area contributed by atoms with Gasteiger partial charge in [0.15, 0.2) is 5.96 Å². The number of carbonyl (C=O) groups excluding carboxylic acids is 1. The Morgan fingerprint density at radius 3 is 2.96 bits per heavy atom. The van der Waals surface area contributed by atoms with Crippen LogP contribution < -0.4 is 10.6 Å². The maximum Gasteiger partial charge on any atom is 0.341 e. The first kappa shape index (κ1) is 20.3. The third-order valence-corrected chi connectivity index (χ3v) is 4.16. The zero-order chi connectivity index (χ0) is 18.8. The predicted octanol–water partition coefficient (Wildman–Crippen LogP) is 1.48. The Hall–Kier alpha value is -2.06. The molecule has 0 radical (unpaired) electrons. The summed E-state index contributed by atoms with van der Waals surface area (Å²) in [6, 6.07) is 1.68. The molecule has 8 nitrogen and oxygen atoms in total. The van der Waals surface area contributed by atoms with E-state index in [1.165, 1.54) is 7.11 Å². The number of hydrogen-bond donors (Lipinski definition) is 2. The lowest BCUT2D eigenvalue weighted by Crippen LogP contribution is -2.37. The highest BCUT2D eigenvalue weighted by molar-refractivity contribution is 5.90. The third kappa shape index (κ3) is 6.34. The summed E-state index contributed by atoms with van der Waals surface area (Å²) in [4.78, 5) is 15.8. The summed E-state index contributed by atoms with van der Waals surface area (Å²) >= 11 is 0. The first-order valence-corrected chi connectivity index (χ1v) is 8.91. The third-order valence-electron chi connectivity index (χ3n) is 4.16. The number of furan rings is 1. The second-order valence-electron chi connectivity index (χ2n) is 6.18. The summed E-state index contributed by atoms with van der Waals surface area (Å²) < 4.78 is 21.3. The minimum absolute atomic E-state index is 0.399. The molecule has 0 aliphatic carbocycles. The van der Waals surface area contributed by atoms with Gasteiger partial charge in [-0.2, -0.15) is 0 Å². The molecule has 1 saturated heterocycles. The van der Waals surface area contributed by atoms with Crippen molar-refractivity contribution in [2.75, 3.05) is 47.1 Å². The van der Waals surface area contributed by atoms with Crippen LogP contribution in [0, 0.1) is 12.8 Å². The van der Waals surface area contributed by atoms with E-state index in [4.69, 9.17) is 18.6 Å². The van der Waals surface area contributed by atoms with Crippen LogP contribution in [0.25, 0.3) is 0 Å². The van der Waals surface area contributed by atoms with Crippen molar-refractivity contribution >= 4 is 11.9 Å². The number of ether oxygens (including phenoxy) is 3. The highest BCUT2D eigenvalue weighted by Crippen LogP contribution is 2.15. The molecule has 0 bridgehead atoms. The zero-order valence-electron chi connectivity index (χ0n) is 15.8. The van der Waals surface area contributed by atoms with Gasteiger partial charge in [0.2, 0.25) is 0 Å². The van der Waals surface area contributed by atoms with Crippen molar-refractivity contribution < 1.29 is 23.4 Å². The van der Waals surface area contributed by atoms with Gasteiger partial charge < -0.3 is 29.3 Å². The molecule has 1 atom stereocenters. The Balaban J connectivity index is 1.62. The van der Waals surface area contributed by atoms with Gasteiger partial charge in [-0.05, 0) is 25.8 Å². The molecule has 1 unspecified atom stereocenters. The van der Waals surface area contributed by atoms with E-state index in [2.05, 4.69) is 15.6 Å². The van der Waals surface area contributed by atoms with E-state index in [0.29, 0.717) is 42.1 Å². The van der Waals surface area contributed by atoms with Gasteiger partial charge in [-0.15, -0.1) is 0 Å². The van der Waals surface area contributed by atoms with Crippen molar-refractivity contribution in [2.24, 2.45) is 10.9 Å². The normalized spacial score (nSPS) is 17.3. The van der Waals surface area contributed by atoms with E-state index in [0.717, 1.165) is 39.2 Å².